The summed E-state index contributed by atoms with van der Waals surface area (Å²) in [4.78, 5) is 22.2. The first-order chi connectivity index (χ1) is 7.58. The van der Waals surface area contributed by atoms with Crippen LogP contribution in [0.5, 0.6) is 0 Å². The Morgan fingerprint density at radius 1 is 1.38 bits per heavy atom. The van der Waals surface area contributed by atoms with Gasteiger partial charge in [0.2, 0.25) is 0 Å². The van der Waals surface area contributed by atoms with Gasteiger partial charge in [0.05, 0.1) is 9.93 Å². The van der Waals surface area contributed by atoms with Crippen molar-refractivity contribution in [3.63, 3.8) is 0 Å². The van der Waals surface area contributed by atoms with Gasteiger partial charge in [-0.2, -0.15) is 0 Å². The molecule has 0 unspecified atom stereocenters. The molecule has 1 heterocycles. The number of halogens is 2. The molecule has 1 fully saturated rings. The summed E-state index contributed by atoms with van der Waals surface area (Å²) >= 11 is 6.50. The molecule has 82 valence electrons. The van der Waals surface area contributed by atoms with Gasteiger partial charge in [-0.1, -0.05) is 17.7 Å². The smallest absolute Gasteiger partial charge is 0.282 e. The molecule has 1 saturated heterocycles. The number of carbonyl (C=O) groups excluding carboxylic acids is 2. The van der Waals surface area contributed by atoms with E-state index in [2.05, 4.69) is 5.32 Å². The molecule has 2 amide bonds. The van der Waals surface area contributed by atoms with E-state index >= 15 is 0 Å². The molecule has 0 bridgehead atoms. The molecule has 0 aromatic heterocycles. The maximum Gasteiger partial charge on any atom is 0.290 e. The Morgan fingerprint density at radius 2 is 2.12 bits per heavy atom. The maximum atomic E-state index is 13.4. The highest BCUT2D eigenvalue weighted by Gasteiger charge is 2.25. The second kappa shape index (κ2) is 4.27. The van der Waals surface area contributed by atoms with Crippen LogP contribution in [-0.2, 0) is 4.79 Å². The molecule has 1 aliphatic rings. The minimum atomic E-state index is -0.534. The molecule has 0 saturated carbocycles. The molecule has 1 aliphatic heterocycles. The van der Waals surface area contributed by atoms with Crippen LogP contribution >= 0.6 is 23.4 Å². The predicted octanol–water partition coefficient (Wildman–Crippen LogP) is 2.80. The predicted molar refractivity (Wildman–Crippen MR) is 60.5 cm³/mol. The third kappa shape index (κ3) is 2.10. The minimum Gasteiger partial charge on any atom is -0.282 e. The summed E-state index contributed by atoms with van der Waals surface area (Å²) in [5.41, 5.74) is 0.108. The summed E-state index contributed by atoms with van der Waals surface area (Å²) in [6, 6.07) is 4.21. The van der Waals surface area contributed by atoms with Crippen molar-refractivity contribution in [2.24, 2.45) is 0 Å². The molecule has 1 N–H and O–H groups in total. The quantitative estimate of drug-likeness (QED) is 0.787. The van der Waals surface area contributed by atoms with E-state index in [9.17, 15) is 14.0 Å². The standard InChI is InChI=1S/C10H5ClFNO2S/c11-6-2-1-3-7(12)5(6)4-8-9(14)13-10(15)16-8/h1-4H,(H,13,14,15)/b8-4+. The number of thioether (sulfide) groups is 1. The average Bonchev–Trinajstić information content (AvgIpc) is 2.51. The molecule has 0 radical (unpaired) electrons. The highest BCUT2D eigenvalue weighted by atomic mass is 35.5. The number of carbonyl (C=O) groups is 2. The van der Waals surface area contributed by atoms with Crippen LogP contribution in [0.3, 0.4) is 0 Å². The molecule has 0 aliphatic carbocycles. The number of hydrogen-bond donors (Lipinski definition) is 1. The van der Waals surface area contributed by atoms with Crippen molar-refractivity contribution < 1.29 is 14.0 Å². The highest BCUT2D eigenvalue weighted by Crippen LogP contribution is 2.29. The van der Waals surface area contributed by atoms with Crippen LogP contribution in [0.2, 0.25) is 5.02 Å². The van der Waals surface area contributed by atoms with E-state index in [-0.39, 0.29) is 15.5 Å². The zero-order chi connectivity index (χ0) is 11.7. The van der Waals surface area contributed by atoms with Gasteiger partial charge in [-0.25, -0.2) is 4.39 Å². The van der Waals surface area contributed by atoms with Gasteiger partial charge >= 0.3 is 0 Å². The number of imide groups is 1. The fourth-order valence-electron chi connectivity index (χ4n) is 1.20. The van der Waals surface area contributed by atoms with Crippen LogP contribution in [-0.4, -0.2) is 11.1 Å². The molecule has 3 nitrogen and oxygen atoms in total. The van der Waals surface area contributed by atoms with Crippen LogP contribution < -0.4 is 5.32 Å². The average molecular weight is 258 g/mol. The molecular formula is C10H5ClFNO2S. The zero-order valence-corrected chi connectivity index (χ0v) is 9.36. The second-order valence-corrected chi connectivity index (χ2v) is 4.41. The first kappa shape index (κ1) is 11.2. The van der Waals surface area contributed by atoms with E-state index in [1.165, 1.54) is 24.3 Å². The van der Waals surface area contributed by atoms with Gasteiger partial charge in [-0.3, -0.25) is 14.9 Å². The lowest BCUT2D eigenvalue weighted by atomic mass is 10.2. The fourth-order valence-corrected chi connectivity index (χ4v) is 2.08. The van der Waals surface area contributed by atoms with Crippen molar-refractivity contribution >= 4 is 40.6 Å². The van der Waals surface area contributed by atoms with Gasteiger partial charge in [-0.15, -0.1) is 0 Å². The first-order valence-electron chi connectivity index (χ1n) is 4.27. The highest BCUT2D eigenvalue weighted by molar-refractivity contribution is 8.18. The number of nitrogens with one attached hydrogen (secondary N) is 1. The van der Waals surface area contributed by atoms with Crippen LogP contribution in [0.25, 0.3) is 6.08 Å². The van der Waals surface area contributed by atoms with Crippen LogP contribution in [0, 0.1) is 5.82 Å². The normalized spacial score (nSPS) is 18.0. The van der Waals surface area contributed by atoms with E-state index in [4.69, 9.17) is 11.6 Å². The third-order valence-electron chi connectivity index (χ3n) is 1.92. The minimum absolute atomic E-state index is 0.108. The lowest BCUT2D eigenvalue weighted by Crippen LogP contribution is -2.17. The maximum absolute atomic E-state index is 13.4. The molecule has 1 aromatic carbocycles. The molecule has 1 aromatic rings. The van der Waals surface area contributed by atoms with Crippen LogP contribution in [0.1, 0.15) is 5.56 Å². The fraction of sp³-hybridized carbons (Fsp3) is 0. The van der Waals surface area contributed by atoms with Gasteiger partial charge in [0, 0.05) is 5.56 Å². The number of rotatable bonds is 1. The summed E-state index contributed by atoms with van der Waals surface area (Å²) < 4.78 is 13.4. The number of benzene rings is 1. The van der Waals surface area contributed by atoms with Gasteiger partial charge < -0.3 is 0 Å². The summed E-state index contributed by atoms with van der Waals surface area (Å²) in [5, 5.41) is 1.80. The van der Waals surface area contributed by atoms with Gasteiger partial charge in [0.25, 0.3) is 11.1 Å². The summed E-state index contributed by atoms with van der Waals surface area (Å²) in [6.07, 6.45) is 1.27. The van der Waals surface area contributed by atoms with Crippen molar-refractivity contribution in [2.75, 3.05) is 0 Å². The summed E-state index contributed by atoms with van der Waals surface area (Å²) in [6.45, 7) is 0. The molecule has 6 heteroatoms. The Morgan fingerprint density at radius 3 is 2.69 bits per heavy atom. The number of hydrogen-bond acceptors (Lipinski definition) is 3. The Kier molecular flexibility index (Phi) is 2.98. The van der Waals surface area contributed by atoms with Gasteiger partial charge in [0.15, 0.2) is 0 Å². The van der Waals surface area contributed by atoms with E-state index in [1.54, 1.807) is 0 Å². The van der Waals surface area contributed by atoms with Crippen molar-refractivity contribution in [3.8, 4) is 0 Å². The first-order valence-corrected chi connectivity index (χ1v) is 5.46. The van der Waals surface area contributed by atoms with E-state index < -0.39 is 17.0 Å². The molecule has 0 atom stereocenters. The lowest BCUT2D eigenvalue weighted by Gasteiger charge is -2.00. The van der Waals surface area contributed by atoms with E-state index in [0.29, 0.717) is 0 Å². The Balaban J connectivity index is 2.44. The monoisotopic (exact) mass is 257 g/mol. The van der Waals surface area contributed by atoms with Crippen molar-refractivity contribution in [2.45, 2.75) is 0 Å². The van der Waals surface area contributed by atoms with Crippen molar-refractivity contribution in [3.05, 3.63) is 39.5 Å². The van der Waals surface area contributed by atoms with Crippen LogP contribution in [0.4, 0.5) is 9.18 Å². The molecular weight excluding hydrogens is 253 g/mol. The molecule has 2 rings (SSSR count). The SMILES string of the molecule is O=C1NC(=O)/C(=C\c2c(F)cccc2Cl)S1. The Bertz CT molecular complexity index is 495. The lowest BCUT2D eigenvalue weighted by molar-refractivity contribution is -0.115. The van der Waals surface area contributed by atoms with Crippen LogP contribution in [0.15, 0.2) is 23.1 Å². The molecule has 0 spiro atoms. The molecule has 16 heavy (non-hydrogen) atoms. The van der Waals surface area contributed by atoms with Gasteiger partial charge in [-0.05, 0) is 30.0 Å². The third-order valence-corrected chi connectivity index (χ3v) is 3.06. The van der Waals surface area contributed by atoms with Crippen molar-refractivity contribution in [1.82, 2.24) is 5.32 Å². The van der Waals surface area contributed by atoms with E-state index in [0.717, 1.165) is 11.8 Å². The number of amides is 2. The largest absolute Gasteiger partial charge is 0.290 e. The van der Waals surface area contributed by atoms with Gasteiger partial charge in [0.1, 0.15) is 5.82 Å². The zero-order valence-electron chi connectivity index (χ0n) is 7.79. The van der Waals surface area contributed by atoms with Crippen molar-refractivity contribution in [1.29, 1.82) is 0 Å². The van der Waals surface area contributed by atoms with E-state index in [1.807, 2.05) is 0 Å². The Hall–Kier alpha value is -1.33. The second-order valence-electron chi connectivity index (χ2n) is 2.99. The summed E-state index contributed by atoms with van der Waals surface area (Å²) in [7, 11) is 0. The topological polar surface area (TPSA) is 46.2 Å². The Labute approximate surface area is 99.7 Å². The summed E-state index contributed by atoms with van der Waals surface area (Å²) in [5.74, 6) is -1.07.